The van der Waals surface area contributed by atoms with Crippen LogP contribution in [0.15, 0.2) is 70.3 Å². The summed E-state index contributed by atoms with van der Waals surface area (Å²) < 4.78 is 7.49. The second-order valence-corrected chi connectivity index (χ2v) is 9.71. The van der Waals surface area contributed by atoms with E-state index in [1.165, 1.54) is 0 Å². The molecule has 1 aliphatic carbocycles. The molecule has 0 aliphatic heterocycles. The molecule has 184 valence electrons. The zero-order chi connectivity index (χ0) is 24.9. The number of nitrogens with one attached hydrogen (secondary N) is 1. The van der Waals surface area contributed by atoms with Crippen LogP contribution in [0.1, 0.15) is 83.7 Å². The van der Waals surface area contributed by atoms with Crippen molar-refractivity contribution in [3.63, 3.8) is 0 Å². The molecule has 1 atom stereocenters. The van der Waals surface area contributed by atoms with Gasteiger partial charge in [-0.2, -0.15) is 0 Å². The van der Waals surface area contributed by atoms with E-state index < -0.39 is 17.4 Å². The lowest BCUT2D eigenvalue weighted by Gasteiger charge is -2.22. The van der Waals surface area contributed by atoms with Gasteiger partial charge in [0.15, 0.2) is 0 Å². The Morgan fingerprint density at radius 3 is 2.37 bits per heavy atom. The highest BCUT2D eigenvalue weighted by Crippen LogP contribution is 2.30. The predicted molar refractivity (Wildman–Crippen MR) is 134 cm³/mol. The molecule has 0 radical (unpaired) electrons. The van der Waals surface area contributed by atoms with E-state index in [0.717, 1.165) is 31.2 Å². The van der Waals surface area contributed by atoms with Crippen LogP contribution in [0.25, 0.3) is 0 Å². The summed E-state index contributed by atoms with van der Waals surface area (Å²) in [6.45, 7) is 4.55. The third-order valence-corrected chi connectivity index (χ3v) is 6.49. The van der Waals surface area contributed by atoms with Crippen LogP contribution < -0.4 is 10.7 Å². The molecule has 1 aromatic carbocycles. The Kier molecular flexibility index (Phi) is 7.54. The van der Waals surface area contributed by atoms with Gasteiger partial charge in [-0.1, -0.05) is 57.0 Å². The Morgan fingerprint density at radius 1 is 1.06 bits per heavy atom. The zero-order valence-corrected chi connectivity index (χ0v) is 20.6. The van der Waals surface area contributed by atoms with Gasteiger partial charge in [-0.15, -0.1) is 0 Å². The van der Waals surface area contributed by atoms with E-state index in [-0.39, 0.29) is 29.0 Å². The summed E-state index contributed by atoms with van der Waals surface area (Å²) in [5.41, 5.74) is 0.273. The van der Waals surface area contributed by atoms with Crippen LogP contribution in [0.2, 0.25) is 0 Å². The lowest BCUT2D eigenvalue weighted by atomic mass is 10.0. The third-order valence-electron chi connectivity index (χ3n) is 6.49. The van der Waals surface area contributed by atoms with Crippen molar-refractivity contribution in [3.05, 3.63) is 93.8 Å². The van der Waals surface area contributed by atoms with Crippen molar-refractivity contribution in [1.82, 2.24) is 14.8 Å². The molecule has 4 rings (SSSR count). The quantitative estimate of drug-likeness (QED) is 0.507. The van der Waals surface area contributed by atoms with Crippen LogP contribution in [0.4, 0.5) is 0 Å². The molecule has 2 amide bonds. The summed E-state index contributed by atoms with van der Waals surface area (Å²) in [6, 6.07) is 12.6. The lowest BCUT2D eigenvalue weighted by Crippen LogP contribution is -2.38. The number of hydrogen-bond donors (Lipinski definition) is 1. The largest absolute Gasteiger partial charge is 0.467 e. The first kappa shape index (κ1) is 24.5. The molecule has 0 bridgehead atoms. The van der Waals surface area contributed by atoms with Crippen molar-refractivity contribution >= 4 is 11.8 Å². The topological polar surface area (TPSA) is 84.6 Å². The molecule has 7 heteroatoms. The number of furan rings is 1. The fourth-order valence-electron chi connectivity index (χ4n) is 4.79. The standard InChI is InChI=1S/C28H33N3O4/c1-19(2)16-30(3)28(34)23-18-31(21-12-7-8-13-21)17-22(26(23)32)27(33)29-25(24-14-9-15-35-24)20-10-5-4-6-11-20/h4-6,9-11,14-15,17-19,21,25H,7-8,12-13,16H2,1-3H3,(H,29,33). The number of hydrogen-bond acceptors (Lipinski definition) is 4. The van der Waals surface area contributed by atoms with Gasteiger partial charge in [-0.25, -0.2) is 0 Å². The van der Waals surface area contributed by atoms with Crippen LogP contribution in [0.3, 0.4) is 0 Å². The fraction of sp³-hybridized carbons (Fsp3) is 0.393. The van der Waals surface area contributed by atoms with Crippen LogP contribution in [0.5, 0.6) is 0 Å². The minimum absolute atomic E-state index is 0.0296. The second kappa shape index (κ2) is 10.8. The lowest BCUT2D eigenvalue weighted by molar-refractivity contribution is 0.0776. The number of rotatable bonds is 8. The van der Waals surface area contributed by atoms with Crippen LogP contribution in [0, 0.1) is 5.92 Å². The minimum Gasteiger partial charge on any atom is -0.467 e. The van der Waals surface area contributed by atoms with Gasteiger partial charge >= 0.3 is 0 Å². The summed E-state index contributed by atoms with van der Waals surface area (Å²) in [6.07, 6.45) is 8.88. The first-order valence-corrected chi connectivity index (χ1v) is 12.3. The predicted octanol–water partition coefficient (Wildman–Crippen LogP) is 4.80. The highest BCUT2D eigenvalue weighted by atomic mass is 16.3. The maximum absolute atomic E-state index is 13.5. The molecule has 1 aliphatic rings. The molecular formula is C28H33N3O4. The molecule has 1 fully saturated rings. The number of aromatic nitrogens is 1. The molecule has 1 unspecified atom stereocenters. The highest BCUT2D eigenvalue weighted by Gasteiger charge is 2.27. The van der Waals surface area contributed by atoms with Gasteiger partial charge < -0.3 is 19.2 Å². The maximum Gasteiger partial charge on any atom is 0.259 e. The van der Waals surface area contributed by atoms with E-state index >= 15 is 0 Å². The van der Waals surface area contributed by atoms with Crippen LogP contribution in [-0.4, -0.2) is 34.9 Å². The summed E-state index contributed by atoms with van der Waals surface area (Å²) in [4.78, 5) is 41.8. The van der Waals surface area contributed by atoms with Crippen molar-refractivity contribution < 1.29 is 14.0 Å². The Labute approximate surface area is 205 Å². The number of nitrogens with zero attached hydrogens (tertiary/aromatic N) is 2. The van der Waals surface area contributed by atoms with E-state index in [9.17, 15) is 14.4 Å². The number of pyridine rings is 1. The number of benzene rings is 1. The van der Waals surface area contributed by atoms with Gasteiger partial charge in [0.2, 0.25) is 5.43 Å². The third kappa shape index (κ3) is 5.56. The van der Waals surface area contributed by atoms with Crippen LogP contribution >= 0.6 is 0 Å². The monoisotopic (exact) mass is 475 g/mol. The molecule has 35 heavy (non-hydrogen) atoms. The van der Waals surface area contributed by atoms with Gasteiger partial charge in [0.25, 0.3) is 11.8 Å². The first-order chi connectivity index (χ1) is 16.8. The Bertz CT molecular complexity index is 1210. The van der Waals surface area contributed by atoms with Gasteiger partial charge in [-0.05, 0) is 36.5 Å². The number of amides is 2. The summed E-state index contributed by atoms with van der Waals surface area (Å²) in [5.74, 6) is -0.0825. The molecular weight excluding hydrogens is 442 g/mol. The fourth-order valence-corrected chi connectivity index (χ4v) is 4.79. The minimum atomic E-state index is -0.569. The van der Waals surface area contributed by atoms with Gasteiger partial charge in [0.1, 0.15) is 22.9 Å². The Balaban J connectivity index is 1.73. The summed E-state index contributed by atoms with van der Waals surface area (Å²) in [5, 5.41) is 2.97. The SMILES string of the molecule is CC(C)CN(C)C(=O)c1cn(C2CCCC2)cc(C(=O)NC(c2ccccc2)c2ccco2)c1=O. The molecule has 0 saturated heterocycles. The van der Waals surface area contributed by atoms with Crippen molar-refractivity contribution in [2.45, 2.75) is 51.6 Å². The molecule has 2 heterocycles. The smallest absolute Gasteiger partial charge is 0.259 e. The van der Waals surface area contributed by atoms with E-state index in [0.29, 0.717) is 12.3 Å². The Morgan fingerprint density at radius 2 is 1.74 bits per heavy atom. The van der Waals surface area contributed by atoms with Crippen molar-refractivity contribution in [3.8, 4) is 0 Å². The van der Waals surface area contributed by atoms with Crippen LogP contribution in [-0.2, 0) is 0 Å². The molecule has 3 aromatic rings. The second-order valence-electron chi connectivity index (χ2n) is 9.71. The van der Waals surface area contributed by atoms with E-state index in [2.05, 4.69) is 5.32 Å². The molecule has 7 nitrogen and oxygen atoms in total. The number of carbonyl (C=O) groups excluding carboxylic acids is 2. The summed E-state index contributed by atoms with van der Waals surface area (Å²) in [7, 11) is 1.69. The molecule has 1 saturated carbocycles. The van der Waals surface area contributed by atoms with Crippen molar-refractivity contribution in [2.24, 2.45) is 5.92 Å². The average Bonchev–Trinajstić information content (AvgIpc) is 3.57. The van der Waals surface area contributed by atoms with Crippen molar-refractivity contribution in [1.29, 1.82) is 0 Å². The molecule has 0 spiro atoms. The average molecular weight is 476 g/mol. The van der Waals surface area contributed by atoms with E-state index in [1.807, 2.05) is 48.7 Å². The zero-order valence-electron chi connectivity index (χ0n) is 20.6. The van der Waals surface area contributed by atoms with E-state index in [1.54, 1.807) is 42.7 Å². The Hall–Kier alpha value is -3.61. The van der Waals surface area contributed by atoms with Crippen molar-refractivity contribution in [2.75, 3.05) is 13.6 Å². The first-order valence-electron chi connectivity index (χ1n) is 12.3. The van der Waals surface area contributed by atoms with Gasteiger partial charge in [0.05, 0.1) is 6.26 Å². The van der Waals surface area contributed by atoms with E-state index in [4.69, 9.17) is 4.42 Å². The maximum atomic E-state index is 13.5. The number of carbonyl (C=O) groups is 2. The van der Waals surface area contributed by atoms with Gasteiger partial charge in [-0.3, -0.25) is 14.4 Å². The highest BCUT2D eigenvalue weighted by molar-refractivity contribution is 5.99. The molecule has 2 aromatic heterocycles. The molecule has 1 N–H and O–H groups in total. The summed E-state index contributed by atoms with van der Waals surface area (Å²) >= 11 is 0. The normalized spacial score (nSPS) is 14.7. The van der Waals surface area contributed by atoms with Gasteiger partial charge in [0, 0.05) is 32.0 Å².